The first kappa shape index (κ1) is 34.5. The Hall–Kier alpha value is -2.48. The maximum atomic E-state index is 12.8. The summed E-state index contributed by atoms with van der Waals surface area (Å²) in [6.45, 7) is 12.4. The molecule has 0 fully saturated rings. The highest BCUT2D eigenvalue weighted by molar-refractivity contribution is 7.92. The number of aliphatic hydroxyl groups is 1. The Kier molecular flexibility index (Phi) is 15.3. The third-order valence-electron chi connectivity index (χ3n) is 5.85. The van der Waals surface area contributed by atoms with Crippen molar-refractivity contribution in [2.45, 2.75) is 60.3 Å². The van der Waals surface area contributed by atoms with Gasteiger partial charge in [0.15, 0.2) is 0 Å². The van der Waals surface area contributed by atoms with Gasteiger partial charge in [-0.05, 0) is 63.1 Å². The molecular formula is C29H46N3O5PS. The monoisotopic (exact) mass is 579 g/mol. The number of rotatable bonds is 11. The molecule has 1 atom stereocenters. The second-order valence-electron chi connectivity index (χ2n) is 8.73. The number of unbranched alkanes of at least 4 members (excludes halogenated alkanes) is 2. The van der Waals surface area contributed by atoms with E-state index < -0.39 is 10.0 Å². The summed E-state index contributed by atoms with van der Waals surface area (Å²) in [5.41, 5.74) is 3.27. The lowest BCUT2D eigenvalue weighted by atomic mass is 10.0. The molecule has 218 valence electrons. The summed E-state index contributed by atoms with van der Waals surface area (Å²) in [7, 11) is -1.05. The molecule has 1 amide bonds. The topological polar surface area (TPSA) is 113 Å². The van der Waals surface area contributed by atoms with E-state index in [0.717, 1.165) is 39.8 Å². The van der Waals surface area contributed by atoms with Crippen molar-refractivity contribution in [3.05, 3.63) is 47.0 Å². The van der Waals surface area contributed by atoms with Crippen LogP contribution in [-0.4, -0.2) is 63.7 Å². The van der Waals surface area contributed by atoms with Gasteiger partial charge in [-0.3, -0.25) is 9.10 Å². The first-order valence-corrected chi connectivity index (χ1v) is 17.2. The molecule has 1 unspecified atom stereocenters. The summed E-state index contributed by atoms with van der Waals surface area (Å²) in [4.78, 5) is 17.4. The molecule has 2 aromatic heterocycles. The Morgan fingerprint density at radius 2 is 1.74 bits per heavy atom. The minimum atomic E-state index is -3.53. The van der Waals surface area contributed by atoms with Gasteiger partial charge in [0.25, 0.3) is 5.91 Å². The molecule has 0 radical (unpaired) electrons. The average molecular weight is 580 g/mol. The average Bonchev–Trinajstić information content (AvgIpc) is 3.29. The van der Waals surface area contributed by atoms with Crippen molar-refractivity contribution in [1.29, 1.82) is 0 Å². The van der Waals surface area contributed by atoms with Crippen LogP contribution < -0.4 is 9.62 Å². The second-order valence-corrected chi connectivity index (χ2v) is 11.8. The van der Waals surface area contributed by atoms with Crippen molar-refractivity contribution in [3.63, 3.8) is 0 Å². The summed E-state index contributed by atoms with van der Waals surface area (Å²) in [6, 6.07) is 9.66. The smallest absolute Gasteiger partial charge is 0.255 e. The number of carbonyl (C=O) groups excluding carboxylic acids is 1. The maximum absolute atomic E-state index is 12.8. The van der Waals surface area contributed by atoms with E-state index in [1.165, 1.54) is 22.3 Å². The van der Waals surface area contributed by atoms with Crippen LogP contribution in [0.25, 0.3) is 22.4 Å². The molecule has 39 heavy (non-hydrogen) atoms. The van der Waals surface area contributed by atoms with Crippen LogP contribution >= 0.6 is 8.58 Å². The number of aliphatic hydroxyl groups excluding tert-OH is 1. The molecular weight excluding hydrogens is 533 g/mol. The molecule has 0 spiro atoms. The van der Waals surface area contributed by atoms with Crippen LogP contribution in [-0.2, 0) is 16.4 Å². The van der Waals surface area contributed by atoms with Gasteiger partial charge in [-0.2, -0.15) is 4.98 Å². The highest BCUT2D eigenvalue weighted by Gasteiger charge is 2.26. The van der Waals surface area contributed by atoms with Crippen LogP contribution in [0.4, 0.5) is 5.82 Å². The van der Waals surface area contributed by atoms with Crippen molar-refractivity contribution in [3.8, 4) is 11.3 Å². The van der Waals surface area contributed by atoms with Crippen LogP contribution in [0.15, 0.2) is 34.7 Å². The van der Waals surface area contributed by atoms with Gasteiger partial charge in [0, 0.05) is 25.8 Å². The molecule has 0 bridgehead atoms. The van der Waals surface area contributed by atoms with E-state index in [4.69, 9.17) is 9.52 Å². The van der Waals surface area contributed by atoms with Crippen LogP contribution in [0, 0.1) is 6.92 Å². The zero-order valence-corrected chi connectivity index (χ0v) is 26.5. The zero-order valence-electron chi connectivity index (χ0n) is 24.7. The number of benzene rings is 1. The van der Waals surface area contributed by atoms with Crippen molar-refractivity contribution in [1.82, 2.24) is 10.3 Å². The summed E-state index contributed by atoms with van der Waals surface area (Å²) in [5, 5.41) is 10.8. The fourth-order valence-corrected chi connectivity index (χ4v) is 5.54. The number of furan rings is 1. The van der Waals surface area contributed by atoms with Gasteiger partial charge in [0.2, 0.25) is 15.7 Å². The van der Waals surface area contributed by atoms with Crippen LogP contribution in [0.2, 0.25) is 0 Å². The first-order chi connectivity index (χ1) is 18.6. The SMILES string of the molecule is CC.CCO.CCc1ccc(-c2oc3nc(N(CCCCCPC)S(C)(=O)=O)c(C)cc3c2C(=O)NC)cc1. The first-order valence-electron chi connectivity index (χ1n) is 13.6. The van der Waals surface area contributed by atoms with Gasteiger partial charge in [-0.1, -0.05) is 51.5 Å². The number of hydrogen-bond donors (Lipinski definition) is 2. The molecule has 3 aromatic rings. The number of amides is 1. The molecule has 1 aromatic carbocycles. The predicted octanol–water partition coefficient (Wildman–Crippen LogP) is 5.99. The van der Waals surface area contributed by atoms with Crippen LogP contribution in [0.5, 0.6) is 0 Å². The molecule has 0 aliphatic carbocycles. The predicted molar refractivity (Wildman–Crippen MR) is 166 cm³/mol. The molecule has 0 aliphatic heterocycles. The number of carbonyl (C=O) groups is 1. The molecule has 0 saturated carbocycles. The zero-order chi connectivity index (χ0) is 29.6. The number of aromatic nitrogens is 1. The highest BCUT2D eigenvalue weighted by Crippen LogP contribution is 2.36. The summed E-state index contributed by atoms with van der Waals surface area (Å²) in [6.07, 6.45) is 6.09. The van der Waals surface area contributed by atoms with E-state index in [0.29, 0.717) is 34.6 Å². The normalized spacial score (nSPS) is 11.1. The van der Waals surface area contributed by atoms with Crippen LogP contribution in [0.3, 0.4) is 0 Å². The number of hydrogen-bond acceptors (Lipinski definition) is 6. The molecule has 3 rings (SSSR count). The molecule has 0 saturated heterocycles. The largest absolute Gasteiger partial charge is 0.437 e. The summed E-state index contributed by atoms with van der Waals surface area (Å²) < 4.78 is 32.7. The number of aryl methyl sites for hydroxylation is 2. The summed E-state index contributed by atoms with van der Waals surface area (Å²) in [5.74, 6) is 0.490. The number of nitrogens with zero attached hydrogens (tertiary/aromatic N) is 2. The van der Waals surface area contributed by atoms with Gasteiger partial charge in [-0.15, -0.1) is 8.58 Å². The van der Waals surface area contributed by atoms with Crippen LogP contribution in [0.1, 0.15) is 68.4 Å². The van der Waals surface area contributed by atoms with Gasteiger partial charge in [0.1, 0.15) is 11.6 Å². The maximum Gasteiger partial charge on any atom is 0.255 e. The minimum absolute atomic E-state index is 0.245. The van der Waals surface area contributed by atoms with Gasteiger partial charge in [0.05, 0.1) is 17.2 Å². The van der Waals surface area contributed by atoms with Gasteiger partial charge in [-0.25, -0.2) is 8.42 Å². The Balaban J connectivity index is 0.00000142. The van der Waals surface area contributed by atoms with Crippen molar-refractivity contribution in [2.24, 2.45) is 0 Å². The third-order valence-corrected chi connectivity index (χ3v) is 7.86. The van der Waals surface area contributed by atoms with Crippen molar-refractivity contribution < 1.29 is 22.7 Å². The van der Waals surface area contributed by atoms with Gasteiger partial charge >= 0.3 is 0 Å². The number of fused-ring (bicyclic) bond motifs is 1. The van der Waals surface area contributed by atoms with E-state index in [1.807, 2.05) is 45.0 Å². The fraction of sp³-hybridized carbons (Fsp3) is 0.517. The highest BCUT2D eigenvalue weighted by atomic mass is 32.2. The van der Waals surface area contributed by atoms with E-state index in [2.05, 4.69) is 23.9 Å². The number of anilines is 1. The van der Waals surface area contributed by atoms with E-state index in [9.17, 15) is 13.2 Å². The lowest BCUT2D eigenvalue weighted by Crippen LogP contribution is -2.32. The Labute approximate surface area is 236 Å². The van der Waals surface area contributed by atoms with E-state index in [-0.39, 0.29) is 18.2 Å². The summed E-state index contributed by atoms with van der Waals surface area (Å²) >= 11 is 0. The molecule has 2 N–H and O–H groups in total. The van der Waals surface area contributed by atoms with E-state index >= 15 is 0 Å². The number of nitrogens with one attached hydrogen (secondary N) is 1. The lowest BCUT2D eigenvalue weighted by Gasteiger charge is -2.22. The number of pyridine rings is 1. The quantitative estimate of drug-likeness (QED) is 0.213. The Morgan fingerprint density at radius 3 is 2.26 bits per heavy atom. The molecule has 2 heterocycles. The molecule has 0 aliphatic rings. The second kappa shape index (κ2) is 17.3. The van der Waals surface area contributed by atoms with E-state index in [1.54, 1.807) is 20.0 Å². The van der Waals surface area contributed by atoms with Crippen molar-refractivity contribution >= 4 is 41.4 Å². The molecule has 10 heteroatoms. The third kappa shape index (κ3) is 9.59. The fourth-order valence-electron chi connectivity index (χ4n) is 3.98. The Morgan fingerprint density at radius 1 is 1.13 bits per heavy atom. The minimum Gasteiger partial charge on any atom is -0.437 e. The number of sulfonamides is 1. The standard InChI is InChI=1S/C25H34N3O4PS.C2H6O.C2H6/c1-6-18-10-12-19(13-11-18)22-21(24(29)26-3)20-16-17(2)23(27-25(20)32-22)28(34(5,30)31)14-8-7-9-15-33-4;1-2-3;1-2/h10-13,16,33H,6-9,14-15H2,1-5H3,(H,26,29);3H,2H2,1H3;1-2H3. The lowest BCUT2D eigenvalue weighted by molar-refractivity contribution is 0.0964. The van der Waals surface area contributed by atoms with Crippen molar-refractivity contribution in [2.75, 3.05) is 43.6 Å². The molecule has 8 nitrogen and oxygen atoms in total. The Bertz CT molecular complexity index is 1270. The van der Waals surface area contributed by atoms with Gasteiger partial charge < -0.3 is 14.8 Å².